The standard InChI is InChI=1S/C24H27N3O5/c1-16-15-18(31-2)3-4-19(16)22(28)20-21(17-5-7-25-8-6-17)27(24(30)23(20)29)10-9-26-11-13-32-14-12-26/h3-8,15,21,28H,9-14H2,1-2H3/b22-20+/t21-/m0/s1. The molecule has 2 fully saturated rings. The average molecular weight is 437 g/mol. The molecule has 8 heteroatoms. The number of rotatable bonds is 6. The monoisotopic (exact) mass is 437 g/mol. The molecule has 1 aromatic carbocycles. The van der Waals surface area contributed by atoms with Gasteiger partial charge in [-0.15, -0.1) is 0 Å². The first-order valence-electron chi connectivity index (χ1n) is 10.6. The van der Waals surface area contributed by atoms with Crippen LogP contribution in [0.5, 0.6) is 5.75 Å². The van der Waals surface area contributed by atoms with Gasteiger partial charge in [0.05, 0.1) is 31.9 Å². The number of methoxy groups -OCH3 is 1. The fraction of sp³-hybridized carbons (Fsp3) is 0.375. The van der Waals surface area contributed by atoms with E-state index in [-0.39, 0.29) is 11.3 Å². The number of amides is 1. The molecule has 0 radical (unpaired) electrons. The Hall–Kier alpha value is -3.23. The summed E-state index contributed by atoms with van der Waals surface area (Å²) in [6, 6.07) is 8.07. The highest BCUT2D eigenvalue weighted by Crippen LogP contribution is 2.39. The molecule has 2 aliphatic heterocycles. The van der Waals surface area contributed by atoms with Gasteiger partial charge in [-0.25, -0.2) is 0 Å². The van der Waals surface area contributed by atoms with Crippen molar-refractivity contribution < 1.29 is 24.2 Å². The fourth-order valence-electron chi connectivity index (χ4n) is 4.25. The molecule has 0 unspecified atom stereocenters. The zero-order valence-electron chi connectivity index (χ0n) is 18.3. The van der Waals surface area contributed by atoms with Gasteiger partial charge in [-0.3, -0.25) is 19.5 Å². The number of aliphatic hydroxyl groups excluding tert-OH is 1. The molecule has 3 heterocycles. The highest BCUT2D eigenvalue weighted by molar-refractivity contribution is 6.46. The number of pyridine rings is 1. The Morgan fingerprint density at radius 3 is 2.53 bits per heavy atom. The maximum Gasteiger partial charge on any atom is 0.295 e. The van der Waals surface area contributed by atoms with Crippen LogP contribution in [0.4, 0.5) is 0 Å². The Morgan fingerprint density at radius 1 is 1.16 bits per heavy atom. The van der Waals surface area contributed by atoms with Crippen molar-refractivity contribution in [3.63, 3.8) is 0 Å². The van der Waals surface area contributed by atoms with E-state index in [1.54, 1.807) is 54.7 Å². The highest BCUT2D eigenvalue weighted by Gasteiger charge is 2.46. The minimum Gasteiger partial charge on any atom is -0.507 e. The summed E-state index contributed by atoms with van der Waals surface area (Å²) in [6.45, 7) is 5.71. The van der Waals surface area contributed by atoms with Crippen molar-refractivity contribution in [2.24, 2.45) is 0 Å². The van der Waals surface area contributed by atoms with Crippen LogP contribution in [0.2, 0.25) is 0 Å². The Balaban J connectivity index is 1.73. The van der Waals surface area contributed by atoms with E-state index < -0.39 is 17.7 Å². The first kappa shape index (κ1) is 22.0. The molecule has 0 bridgehead atoms. The molecule has 4 rings (SSSR count). The number of morpholine rings is 1. The van der Waals surface area contributed by atoms with Gasteiger partial charge in [0.15, 0.2) is 0 Å². The highest BCUT2D eigenvalue weighted by atomic mass is 16.5. The van der Waals surface area contributed by atoms with Gasteiger partial charge in [0.25, 0.3) is 11.7 Å². The van der Waals surface area contributed by atoms with E-state index in [4.69, 9.17) is 9.47 Å². The maximum absolute atomic E-state index is 13.1. The van der Waals surface area contributed by atoms with Crippen molar-refractivity contribution in [3.05, 3.63) is 65.0 Å². The van der Waals surface area contributed by atoms with Crippen molar-refractivity contribution in [2.45, 2.75) is 13.0 Å². The van der Waals surface area contributed by atoms with Gasteiger partial charge >= 0.3 is 0 Å². The van der Waals surface area contributed by atoms with Gasteiger partial charge in [0.2, 0.25) is 0 Å². The van der Waals surface area contributed by atoms with Crippen molar-refractivity contribution in [3.8, 4) is 5.75 Å². The van der Waals surface area contributed by atoms with Crippen LogP contribution in [0.15, 0.2) is 48.3 Å². The number of hydrogen-bond acceptors (Lipinski definition) is 7. The zero-order valence-corrected chi connectivity index (χ0v) is 18.3. The van der Waals surface area contributed by atoms with Crippen molar-refractivity contribution >= 4 is 17.4 Å². The zero-order chi connectivity index (χ0) is 22.7. The van der Waals surface area contributed by atoms with Crippen molar-refractivity contribution in [2.75, 3.05) is 46.5 Å². The number of aromatic nitrogens is 1. The van der Waals surface area contributed by atoms with Crippen LogP contribution in [0.25, 0.3) is 5.76 Å². The smallest absolute Gasteiger partial charge is 0.295 e. The third-order valence-electron chi connectivity index (χ3n) is 6.01. The number of benzene rings is 1. The number of ketones is 1. The minimum absolute atomic E-state index is 0.0939. The van der Waals surface area contributed by atoms with Crippen LogP contribution in [0, 0.1) is 6.92 Å². The van der Waals surface area contributed by atoms with E-state index in [0.717, 1.165) is 24.2 Å². The molecule has 1 aromatic heterocycles. The number of aliphatic hydroxyl groups is 1. The lowest BCUT2D eigenvalue weighted by Gasteiger charge is -2.31. The predicted octanol–water partition coefficient (Wildman–Crippen LogP) is 2.15. The number of nitrogens with zero attached hydrogens (tertiary/aromatic N) is 3. The number of likely N-dealkylation sites (tertiary alicyclic amines) is 1. The van der Waals surface area contributed by atoms with E-state index in [0.29, 0.717) is 37.6 Å². The lowest BCUT2D eigenvalue weighted by atomic mass is 9.94. The van der Waals surface area contributed by atoms with Gasteiger partial charge in [0, 0.05) is 44.1 Å². The molecular formula is C24H27N3O5. The summed E-state index contributed by atoms with van der Waals surface area (Å²) < 4.78 is 10.6. The van der Waals surface area contributed by atoms with E-state index in [2.05, 4.69) is 9.88 Å². The summed E-state index contributed by atoms with van der Waals surface area (Å²) in [5, 5.41) is 11.2. The van der Waals surface area contributed by atoms with Gasteiger partial charge < -0.3 is 19.5 Å². The quantitative estimate of drug-likeness (QED) is 0.421. The first-order chi connectivity index (χ1) is 15.5. The molecule has 168 valence electrons. The Labute approximate surface area is 187 Å². The second kappa shape index (κ2) is 9.50. The Bertz CT molecular complexity index is 1030. The molecule has 0 saturated carbocycles. The lowest BCUT2D eigenvalue weighted by Crippen LogP contribution is -2.42. The van der Waals surface area contributed by atoms with Crippen molar-refractivity contribution in [1.29, 1.82) is 0 Å². The second-order valence-electron chi connectivity index (χ2n) is 7.91. The predicted molar refractivity (Wildman–Crippen MR) is 118 cm³/mol. The molecule has 1 N–H and O–H groups in total. The number of aryl methyl sites for hydroxylation is 1. The van der Waals surface area contributed by atoms with Crippen molar-refractivity contribution in [1.82, 2.24) is 14.8 Å². The van der Waals surface area contributed by atoms with E-state index in [1.807, 2.05) is 6.92 Å². The summed E-state index contributed by atoms with van der Waals surface area (Å²) in [6.07, 6.45) is 3.24. The van der Waals surface area contributed by atoms with Crippen LogP contribution < -0.4 is 4.74 Å². The first-order valence-corrected chi connectivity index (χ1v) is 10.6. The largest absolute Gasteiger partial charge is 0.507 e. The third kappa shape index (κ3) is 4.24. The normalized spacial score (nSPS) is 21.2. The number of ether oxygens (including phenoxy) is 2. The summed E-state index contributed by atoms with van der Waals surface area (Å²) in [5.41, 5.74) is 2.07. The van der Waals surface area contributed by atoms with Crippen LogP contribution >= 0.6 is 0 Å². The molecule has 2 aromatic rings. The van der Waals surface area contributed by atoms with E-state index in [9.17, 15) is 14.7 Å². The van der Waals surface area contributed by atoms with Gasteiger partial charge in [-0.2, -0.15) is 0 Å². The van der Waals surface area contributed by atoms with Gasteiger partial charge in [-0.1, -0.05) is 0 Å². The SMILES string of the molecule is COc1ccc(/C(O)=C2\C(=O)C(=O)N(CCN3CCOCC3)[C@H]2c2ccncc2)c(C)c1. The molecular weight excluding hydrogens is 410 g/mol. The molecule has 1 amide bonds. The number of Topliss-reactive ketones (excluding diaryl/α,β-unsaturated/α-hetero) is 1. The van der Waals surface area contributed by atoms with Crippen LogP contribution in [0.3, 0.4) is 0 Å². The topological polar surface area (TPSA) is 92.2 Å². The molecule has 0 aliphatic carbocycles. The van der Waals surface area contributed by atoms with Crippen LogP contribution in [-0.2, 0) is 14.3 Å². The number of carbonyl (C=O) groups excluding carboxylic acids is 2. The summed E-state index contributed by atoms with van der Waals surface area (Å²) in [7, 11) is 1.57. The third-order valence-corrected chi connectivity index (χ3v) is 6.01. The van der Waals surface area contributed by atoms with Gasteiger partial charge in [0.1, 0.15) is 11.5 Å². The fourth-order valence-corrected chi connectivity index (χ4v) is 4.25. The number of hydrogen-bond donors (Lipinski definition) is 1. The van der Waals surface area contributed by atoms with Crippen LogP contribution in [-0.4, -0.2) is 78.1 Å². The van der Waals surface area contributed by atoms with E-state index >= 15 is 0 Å². The second-order valence-corrected chi connectivity index (χ2v) is 7.91. The molecule has 2 aliphatic rings. The molecule has 8 nitrogen and oxygen atoms in total. The maximum atomic E-state index is 13.1. The van der Waals surface area contributed by atoms with Crippen LogP contribution in [0.1, 0.15) is 22.7 Å². The molecule has 1 atom stereocenters. The van der Waals surface area contributed by atoms with Gasteiger partial charge in [-0.05, 0) is 48.4 Å². The summed E-state index contributed by atoms with van der Waals surface area (Å²) >= 11 is 0. The minimum atomic E-state index is -0.680. The Kier molecular flexibility index (Phi) is 6.53. The lowest BCUT2D eigenvalue weighted by molar-refractivity contribution is -0.140. The Morgan fingerprint density at radius 2 is 1.88 bits per heavy atom. The molecule has 0 spiro atoms. The number of carbonyl (C=O) groups is 2. The molecule has 32 heavy (non-hydrogen) atoms. The van der Waals surface area contributed by atoms with E-state index in [1.165, 1.54) is 0 Å². The molecule has 2 saturated heterocycles. The summed E-state index contributed by atoms with van der Waals surface area (Å²) in [5.74, 6) is -0.816. The summed E-state index contributed by atoms with van der Waals surface area (Å²) in [4.78, 5) is 34.0. The average Bonchev–Trinajstić information content (AvgIpc) is 3.08.